The van der Waals surface area contributed by atoms with Crippen LogP contribution in [0.25, 0.3) is 16.2 Å². The lowest BCUT2D eigenvalue weighted by Gasteiger charge is -2.00. The molecule has 0 atom stereocenters. The molecule has 0 spiro atoms. The molecule has 1 aliphatic carbocycles. The average Bonchev–Trinajstić information content (AvgIpc) is 3.14. The van der Waals surface area contributed by atoms with Crippen LogP contribution in [0.3, 0.4) is 0 Å². The maximum Gasteiger partial charge on any atom is 0.214 e. The molecule has 1 fully saturated rings. The Morgan fingerprint density at radius 2 is 2.14 bits per heavy atom. The molecular weight excluding hydrogens is 294 g/mol. The Morgan fingerprint density at radius 3 is 2.86 bits per heavy atom. The molecule has 0 bridgehead atoms. The van der Waals surface area contributed by atoms with Gasteiger partial charge in [0.05, 0.1) is 0 Å². The maximum atomic E-state index is 13.9. The van der Waals surface area contributed by atoms with E-state index in [1.54, 1.807) is 0 Å². The molecule has 0 aliphatic heterocycles. The molecule has 3 aromatic rings. The molecule has 1 aliphatic rings. The first-order valence-corrected chi connectivity index (χ1v) is 7.24. The predicted molar refractivity (Wildman–Crippen MR) is 72.9 cm³/mol. The van der Waals surface area contributed by atoms with Gasteiger partial charge in [0.1, 0.15) is 28.4 Å². The molecule has 1 saturated carbocycles. The second-order valence-corrected chi connectivity index (χ2v) is 5.94. The lowest BCUT2D eigenvalue weighted by Crippen LogP contribution is -1.94. The van der Waals surface area contributed by atoms with Crippen molar-refractivity contribution in [1.29, 1.82) is 5.26 Å². The number of halogens is 2. The molecule has 0 unspecified atom stereocenters. The lowest BCUT2D eigenvalue weighted by molar-refractivity contribution is 0.602. The Balaban J connectivity index is 1.94. The summed E-state index contributed by atoms with van der Waals surface area (Å²) in [6, 6.07) is 5.10. The van der Waals surface area contributed by atoms with Crippen LogP contribution >= 0.6 is 11.3 Å². The van der Waals surface area contributed by atoms with Crippen LogP contribution in [0.15, 0.2) is 18.2 Å². The standard InChI is InChI=1S/C14H8F2N4S/c15-8-3-4-10(16)9(5-8)12-11(6-17)20-14(18-12)21-13(19-20)7-1-2-7/h3-5,7H,1-2H2. The smallest absolute Gasteiger partial charge is 0.214 e. The van der Waals surface area contributed by atoms with Crippen molar-refractivity contribution >= 4 is 16.3 Å². The first kappa shape index (κ1) is 12.4. The summed E-state index contributed by atoms with van der Waals surface area (Å²) in [5.41, 5.74) is 0.255. The normalized spacial score (nSPS) is 14.5. The van der Waals surface area contributed by atoms with Crippen molar-refractivity contribution < 1.29 is 8.78 Å². The fourth-order valence-electron chi connectivity index (χ4n) is 2.23. The Hall–Kier alpha value is -2.33. The van der Waals surface area contributed by atoms with Crippen molar-refractivity contribution in [3.8, 4) is 17.3 Å². The lowest BCUT2D eigenvalue weighted by atomic mass is 10.1. The van der Waals surface area contributed by atoms with Gasteiger partial charge in [-0.05, 0) is 31.0 Å². The van der Waals surface area contributed by atoms with E-state index < -0.39 is 11.6 Å². The van der Waals surface area contributed by atoms with Gasteiger partial charge in [-0.15, -0.1) is 0 Å². The zero-order chi connectivity index (χ0) is 14.6. The van der Waals surface area contributed by atoms with E-state index in [4.69, 9.17) is 0 Å². The largest absolute Gasteiger partial charge is 0.216 e. The highest BCUT2D eigenvalue weighted by atomic mass is 32.1. The first-order chi connectivity index (χ1) is 10.2. The predicted octanol–water partition coefficient (Wildman–Crippen LogP) is 3.49. The van der Waals surface area contributed by atoms with Crippen LogP contribution in [0, 0.1) is 23.0 Å². The molecule has 0 radical (unpaired) electrons. The van der Waals surface area contributed by atoms with Gasteiger partial charge in [0.15, 0.2) is 5.69 Å². The van der Waals surface area contributed by atoms with Crippen LogP contribution in [-0.2, 0) is 0 Å². The van der Waals surface area contributed by atoms with Crippen LogP contribution in [-0.4, -0.2) is 14.6 Å². The van der Waals surface area contributed by atoms with Gasteiger partial charge in [-0.25, -0.2) is 13.8 Å². The third-order valence-corrected chi connectivity index (χ3v) is 4.51. The van der Waals surface area contributed by atoms with Gasteiger partial charge in [-0.3, -0.25) is 0 Å². The van der Waals surface area contributed by atoms with E-state index in [1.807, 2.05) is 6.07 Å². The van der Waals surface area contributed by atoms with Crippen molar-refractivity contribution in [2.24, 2.45) is 0 Å². The number of nitrogens with zero attached hydrogens (tertiary/aromatic N) is 4. The van der Waals surface area contributed by atoms with E-state index >= 15 is 0 Å². The highest BCUT2D eigenvalue weighted by molar-refractivity contribution is 7.16. The summed E-state index contributed by atoms with van der Waals surface area (Å²) in [4.78, 5) is 4.81. The van der Waals surface area contributed by atoms with E-state index in [2.05, 4.69) is 10.1 Å². The molecule has 0 N–H and O–H groups in total. The van der Waals surface area contributed by atoms with E-state index in [1.165, 1.54) is 15.9 Å². The third-order valence-electron chi connectivity index (χ3n) is 3.44. The molecule has 2 aromatic heterocycles. The zero-order valence-corrected chi connectivity index (χ0v) is 11.5. The average molecular weight is 302 g/mol. The highest BCUT2D eigenvalue weighted by Crippen LogP contribution is 2.42. The number of hydrogen-bond acceptors (Lipinski definition) is 4. The zero-order valence-electron chi connectivity index (χ0n) is 10.7. The summed E-state index contributed by atoms with van der Waals surface area (Å²) < 4.78 is 28.6. The van der Waals surface area contributed by atoms with Crippen molar-refractivity contribution in [1.82, 2.24) is 14.6 Å². The maximum absolute atomic E-state index is 13.9. The summed E-state index contributed by atoms with van der Waals surface area (Å²) in [7, 11) is 0. The summed E-state index contributed by atoms with van der Waals surface area (Å²) in [6.07, 6.45) is 2.20. The molecule has 4 rings (SSSR count). The molecular formula is C14H8F2N4S. The number of hydrogen-bond donors (Lipinski definition) is 0. The molecule has 2 heterocycles. The van der Waals surface area contributed by atoms with Crippen molar-refractivity contribution in [3.63, 3.8) is 0 Å². The Kier molecular flexibility index (Phi) is 2.56. The van der Waals surface area contributed by atoms with Gasteiger partial charge in [-0.2, -0.15) is 14.9 Å². The summed E-state index contributed by atoms with van der Waals surface area (Å²) >= 11 is 1.40. The molecule has 0 saturated heterocycles. The summed E-state index contributed by atoms with van der Waals surface area (Å²) in [6.45, 7) is 0. The van der Waals surface area contributed by atoms with Gasteiger partial charge in [-0.1, -0.05) is 11.3 Å². The summed E-state index contributed by atoms with van der Waals surface area (Å²) in [5.74, 6) is -0.725. The van der Waals surface area contributed by atoms with Crippen molar-refractivity contribution in [3.05, 3.63) is 40.5 Å². The van der Waals surface area contributed by atoms with Crippen LogP contribution in [0.4, 0.5) is 8.78 Å². The van der Waals surface area contributed by atoms with Gasteiger partial charge >= 0.3 is 0 Å². The van der Waals surface area contributed by atoms with Gasteiger partial charge in [0.2, 0.25) is 4.96 Å². The topological polar surface area (TPSA) is 54.0 Å². The SMILES string of the molecule is N#Cc1c(-c2cc(F)ccc2F)nc2sc(C3CC3)nn12. The van der Waals surface area contributed by atoms with E-state index in [0.29, 0.717) is 10.9 Å². The number of imidazole rings is 1. The van der Waals surface area contributed by atoms with Crippen LogP contribution in [0.5, 0.6) is 0 Å². The minimum atomic E-state index is -0.610. The van der Waals surface area contributed by atoms with Gasteiger partial charge < -0.3 is 0 Å². The van der Waals surface area contributed by atoms with Gasteiger partial charge in [0.25, 0.3) is 0 Å². The fourth-order valence-corrected chi connectivity index (χ4v) is 3.29. The number of rotatable bonds is 2. The molecule has 7 heteroatoms. The Labute approximate surface area is 122 Å². The quantitative estimate of drug-likeness (QED) is 0.728. The Morgan fingerprint density at radius 1 is 1.33 bits per heavy atom. The minimum absolute atomic E-state index is 0.0165. The number of nitriles is 1. The van der Waals surface area contributed by atoms with Crippen LogP contribution in [0.1, 0.15) is 29.5 Å². The van der Waals surface area contributed by atoms with Crippen molar-refractivity contribution in [2.75, 3.05) is 0 Å². The monoisotopic (exact) mass is 302 g/mol. The molecule has 21 heavy (non-hydrogen) atoms. The van der Waals surface area contributed by atoms with Gasteiger partial charge in [0, 0.05) is 11.5 Å². The second-order valence-electron chi connectivity index (χ2n) is 4.95. The fraction of sp³-hybridized carbons (Fsp3) is 0.214. The van der Waals surface area contributed by atoms with E-state index in [0.717, 1.165) is 36.0 Å². The highest BCUT2D eigenvalue weighted by Gasteiger charge is 2.29. The number of aromatic nitrogens is 3. The minimum Gasteiger partial charge on any atom is -0.216 e. The van der Waals surface area contributed by atoms with E-state index in [9.17, 15) is 14.0 Å². The van der Waals surface area contributed by atoms with E-state index in [-0.39, 0.29) is 17.0 Å². The second kappa shape index (κ2) is 4.33. The third kappa shape index (κ3) is 1.91. The first-order valence-electron chi connectivity index (χ1n) is 6.42. The molecule has 1 aromatic carbocycles. The molecule has 4 nitrogen and oxygen atoms in total. The molecule has 104 valence electrons. The molecule has 0 amide bonds. The number of fused-ring (bicyclic) bond motifs is 1. The van der Waals surface area contributed by atoms with Crippen LogP contribution in [0.2, 0.25) is 0 Å². The van der Waals surface area contributed by atoms with Crippen molar-refractivity contribution in [2.45, 2.75) is 18.8 Å². The Bertz CT molecular complexity index is 902. The number of benzene rings is 1. The summed E-state index contributed by atoms with van der Waals surface area (Å²) in [5, 5.41) is 14.7. The van der Waals surface area contributed by atoms with Crippen LogP contribution < -0.4 is 0 Å².